The quantitative estimate of drug-likeness (QED) is 0.668. The van der Waals surface area contributed by atoms with Gasteiger partial charge in [0.25, 0.3) is 0 Å². The maximum Gasteiger partial charge on any atom is 0.226 e. The zero-order valence-electron chi connectivity index (χ0n) is 8.17. The first-order chi connectivity index (χ1) is 6.23. The van der Waals surface area contributed by atoms with Gasteiger partial charge in [-0.15, -0.1) is 12.4 Å². The molecule has 0 aromatic heterocycles. The van der Waals surface area contributed by atoms with Gasteiger partial charge in [0, 0.05) is 19.4 Å². The van der Waals surface area contributed by atoms with E-state index >= 15 is 0 Å². The van der Waals surface area contributed by atoms with Crippen LogP contribution < -0.4 is 5.32 Å². The van der Waals surface area contributed by atoms with Crippen molar-refractivity contribution in [2.24, 2.45) is 5.41 Å². The predicted octanol–water partition coefficient (Wildman–Crippen LogP) is 1.45. The number of hydrogen-bond donors (Lipinski definition) is 1. The minimum atomic E-state index is -0.174. The molecule has 1 aliphatic heterocycles. The largest absolute Gasteiger partial charge is 0.356 e. The third-order valence-corrected chi connectivity index (χ3v) is 3.36. The average molecular weight is 218 g/mol. The van der Waals surface area contributed by atoms with Gasteiger partial charge in [-0.05, 0) is 25.7 Å². The summed E-state index contributed by atoms with van der Waals surface area (Å²) >= 11 is 0. The SMILES string of the molecule is Cl.O=C1CCC2(CCCNC2=O)CC1. The molecule has 2 fully saturated rings. The molecule has 1 aliphatic carbocycles. The van der Waals surface area contributed by atoms with Gasteiger partial charge in [0.2, 0.25) is 5.91 Å². The molecular formula is C10H16ClNO2. The summed E-state index contributed by atoms with van der Waals surface area (Å²) in [6.07, 6.45) is 4.81. The fourth-order valence-corrected chi connectivity index (χ4v) is 2.41. The van der Waals surface area contributed by atoms with Gasteiger partial charge < -0.3 is 5.32 Å². The monoisotopic (exact) mass is 217 g/mol. The van der Waals surface area contributed by atoms with Crippen LogP contribution in [-0.4, -0.2) is 18.2 Å². The van der Waals surface area contributed by atoms with Crippen LogP contribution in [0.25, 0.3) is 0 Å². The summed E-state index contributed by atoms with van der Waals surface area (Å²) in [7, 11) is 0. The number of carbonyl (C=O) groups is 2. The van der Waals surface area contributed by atoms with Gasteiger partial charge >= 0.3 is 0 Å². The van der Waals surface area contributed by atoms with Crippen LogP contribution in [0.4, 0.5) is 0 Å². The Hall–Kier alpha value is -0.570. The molecule has 2 rings (SSSR count). The minimum Gasteiger partial charge on any atom is -0.356 e. The molecule has 0 atom stereocenters. The van der Waals surface area contributed by atoms with E-state index in [1.165, 1.54) is 0 Å². The molecule has 0 aromatic rings. The maximum absolute atomic E-state index is 11.7. The Kier molecular flexibility index (Phi) is 3.53. The van der Waals surface area contributed by atoms with Crippen LogP contribution in [0.2, 0.25) is 0 Å². The van der Waals surface area contributed by atoms with E-state index in [0.29, 0.717) is 18.6 Å². The fourth-order valence-electron chi connectivity index (χ4n) is 2.41. The molecule has 1 saturated carbocycles. The highest BCUT2D eigenvalue weighted by atomic mass is 35.5. The van der Waals surface area contributed by atoms with Crippen molar-refractivity contribution in [2.75, 3.05) is 6.54 Å². The highest BCUT2D eigenvalue weighted by molar-refractivity contribution is 5.87. The van der Waals surface area contributed by atoms with Gasteiger partial charge in [-0.3, -0.25) is 9.59 Å². The Morgan fingerprint density at radius 2 is 1.71 bits per heavy atom. The fraction of sp³-hybridized carbons (Fsp3) is 0.800. The molecule has 0 unspecified atom stereocenters. The van der Waals surface area contributed by atoms with E-state index in [1.807, 2.05) is 0 Å². The Labute approximate surface area is 90.0 Å². The highest BCUT2D eigenvalue weighted by Crippen LogP contribution is 2.40. The number of halogens is 1. The number of Topliss-reactive ketones (excluding diaryl/α,β-unsaturated/α-hetero) is 1. The Bertz CT molecular complexity index is 243. The second-order valence-electron chi connectivity index (χ2n) is 4.18. The first kappa shape index (κ1) is 11.5. The molecule has 1 saturated heterocycles. The summed E-state index contributed by atoms with van der Waals surface area (Å²) in [5.41, 5.74) is -0.174. The first-order valence-corrected chi connectivity index (χ1v) is 5.03. The zero-order valence-corrected chi connectivity index (χ0v) is 8.99. The number of nitrogens with one attached hydrogen (secondary N) is 1. The second kappa shape index (κ2) is 4.30. The topological polar surface area (TPSA) is 46.2 Å². The third kappa shape index (κ3) is 1.92. The lowest BCUT2D eigenvalue weighted by molar-refractivity contribution is -0.138. The molecule has 4 heteroatoms. The van der Waals surface area contributed by atoms with E-state index in [9.17, 15) is 9.59 Å². The van der Waals surface area contributed by atoms with E-state index in [1.54, 1.807) is 0 Å². The van der Waals surface area contributed by atoms with Crippen molar-refractivity contribution < 1.29 is 9.59 Å². The molecule has 0 radical (unpaired) electrons. The maximum atomic E-state index is 11.7. The average Bonchev–Trinajstić information content (AvgIpc) is 2.15. The minimum absolute atomic E-state index is 0. The van der Waals surface area contributed by atoms with E-state index < -0.39 is 0 Å². The van der Waals surface area contributed by atoms with Crippen molar-refractivity contribution in [1.82, 2.24) is 5.32 Å². The number of carbonyl (C=O) groups excluding carboxylic acids is 2. The molecule has 2 aliphatic rings. The van der Waals surface area contributed by atoms with Crippen molar-refractivity contribution in [2.45, 2.75) is 38.5 Å². The Balaban J connectivity index is 0.000000980. The van der Waals surface area contributed by atoms with Gasteiger partial charge in [0.15, 0.2) is 0 Å². The first-order valence-electron chi connectivity index (χ1n) is 5.03. The Morgan fingerprint density at radius 3 is 2.29 bits per heavy atom. The molecule has 1 amide bonds. The van der Waals surface area contributed by atoms with Gasteiger partial charge in [-0.25, -0.2) is 0 Å². The van der Waals surface area contributed by atoms with Crippen LogP contribution in [0.15, 0.2) is 0 Å². The van der Waals surface area contributed by atoms with Crippen molar-refractivity contribution in [1.29, 1.82) is 0 Å². The van der Waals surface area contributed by atoms with Crippen LogP contribution in [0.5, 0.6) is 0 Å². The number of piperidine rings is 1. The van der Waals surface area contributed by atoms with E-state index in [0.717, 1.165) is 32.2 Å². The van der Waals surface area contributed by atoms with Gasteiger partial charge in [0.05, 0.1) is 5.41 Å². The lowest BCUT2D eigenvalue weighted by Crippen LogP contribution is -2.47. The summed E-state index contributed by atoms with van der Waals surface area (Å²) in [6.45, 7) is 0.814. The molecule has 14 heavy (non-hydrogen) atoms. The van der Waals surface area contributed by atoms with Crippen LogP contribution in [-0.2, 0) is 9.59 Å². The van der Waals surface area contributed by atoms with Crippen LogP contribution >= 0.6 is 12.4 Å². The number of rotatable bonds is 0. The summed E-state index contributed by atoms with van der Waals surface area (Å²) in [6, 6.07) is 0. The normalized spacial score (nSPS) is 25.4. The molecule has 1 N–H and O–H groups in total. The second-order valence-corrected chi connectivity index (χ2v) is 4.18. The third-order valence-electron chi connectivity index (χ3n) is 3.36. The smallest absolute Gasteiger partial charge is 0.226 e. The molecule has 80 valence electrons. The Morgan fingerprint density at radius 1 is 1.07 bits per heavy atom. The van der Waals surface area contributed by atoms with Crippen molar-refractivity contribution in [3.63, 3.8) is 0 Å². The van der Waals surface area contributed by atoms with Gasteiger partial charge in [-0.1, -0.05) is 0 Å². The molecule has 1 heterocycles. The standard InChI is InChI=1S/C10H15NO2.ClH/c12-8-2-5-10(6-3-8)4-1-7-11-9(10)13;/h1-7H2,(H,11,13);1H. The zero-order chi connectivity index (χ0) is 9.31. The molecule has 1 spiro atoms. The highest BCUT2D eigenvalue weighted by Gasteiger charge is 2.42. The van der Waals surface area contributed by atoms with Gasteiger partial charge in [-0.2, -0.15) is 0 Å². The van der Waals surface area contributed by atoms with Crippen LogP contribution in [0.1, 0.15) is 38.5 Å². The predicted molar refractivity (Wildman–Crippen MR) is 55.4 cm³/mol. The van der Waals surface area contributed by atoms with E-state index in [2.05, 4.69) is 5.32 Å². The summed E-state index contributed by atoms with van der Waals surface area (Å²) in [4.78, 5) is 22.7. The lowest BCUT2D eigenvalue weighted by Gasteiger charge is -2.38. The molecular weight excluding hydrogens is 202 g/mol. The molecule has 0 bridgehead atoms. The molecule has 0 aromatic carbocycles. The van der Waals surface area contributed by atoms with E-state index in [-0.39, 0.29) is 23.7 Å². The number of ketones is 1. The lowest BCUT2D eigenvalue weighted by atomic mass is 9.69. The van der Waals surface area contributed by atoms with Gasteiger partial charge in [0.1, 0.15) is 5.78 Å². The number of amides is 1. The number of hydrogen-bond acceptors (Lipinski definition) is 2. The van der Waals surface area contributed by atoms with E-state index in [4.69, 9.17) is 0 Å². The van der Waals surface area contributed by atoms with Crippen molar-refractivity contribution >= 4 is 24.1 Å². The summed E-state index contributed by atoms with van der Waals surface area (Å²) < 4.78 is 0. The molecule has 3 nitrogen and oxygen atoms in total. The van der Waals surface area contributed by atoms with Crippen LogP contribution in [0, 0.1) is 5.41 Å². The van der Waals surface area contributed by atoms with Crippen molar-refractivity contribution in [3.05, 3.63) is 0 Å². The summed E-state index contributed by atoms with van der Waals surface area (Å²) in [5.74, 6) is 0.509. The van der Waals surface area contributed by atoms with Crippen molar-refractivity contribution in [3.8, 4) is 0 Å². The summed E-state index contributed by atoms with van der Waals surface area (Å²) in [5, 5.41) is 2.91. The van der Waals surface area contributed by atoms with Crippen LogP contribution in [0.3, 0.4) is 0 Å².